The van der Waals surface area contributed by atoms with Gasteiger partial charge in [-0.3, -0.25) is 0 Å². The fourth-order valence-corrected chi connectivity index (χ4v) is 0.377. The molecule has 0 fully saturated rings. The van der Waals surface area contributed by atoms with Crippen LogP contribution in [0.15, 0.2) is 0 Å². The summed E-state index contributed by atoms with van der Waals surface area (Å²) < 4.78 is 0. The van der Waals surface area contributed by atoms with Gasteiger partial charge < -0.3 is 90.1 Å². The number of nitrogens with two attached hydrogens (primary N) is 8. The summed E-state index contributed by atoms with van der Waals surface area (Å²) >= 11 is 0. The van der Waals surface area contributed by atoms with E-state index in [9.17, 15) is 0 Å². The molecule has 24 N–H and O–H groups in total. The van der Waals surface area contributed by atoms with Gasteiger partial charge in [-0.1, -0.05) is 0 Å². The van der Waals surface area contributed by atoms with Crippen molar-refractivity contribution in [3.05, 3.63) is 49.2 Å². The summed E-state index contributed by atoms with van der Waals surface area (Å²) in [5, 5.41) is 63.7. The van der Waals surface area contributed by atoms with Crippen LogP contribution in [0.3, 0.4) is 0 Å². The van der Waals surface area contributed by atoms with Crippen molar-refractivity contribution in [3.63, 3.8) is 0 Å². The molecule has 0 saturated heterocycles. The Hall–Kier alpha value is 1.85. The predicted octanol–water partition coefficient (Wildman–Crippen LogP) is 1.72. The standard InChI is InChI=1S/2C3H8O4.8H2N.4Rh/c2*4-2(5)1-3(6)7;;;;;;;;;;;;/h2*2-7H,1H2;8*1H2;;;;/q;;8*-1;4*+2. The van der Waals surface area contributed by atoms with Crippen molar-refractivity contribution in [1.82, 2.24) is 0 Å². The quantitative estimate of drug-likeness (QED) is 0.154. The van der Waals surface area contributed by atoms with E-state index in [-0.39, 0.29) is 127 Å². The molecule has 20 heteroatoms. The maximum absolute atomic E-state index is 7.96. The Bertz CT molecular complexity index is 123. The number of rotatable bonds is 4. The van der Waals surface area contributed by atoms with E-state index in [1.165, 1.54) is 0 Å². The summed E-state index contributed by atoms with van der Waals surface area (Å²) in [5.41, 5.74) is 0. The molecule has 0 spiro atoms. The molecule has 26 heavy (non-hydrogen) atoms. The molecule has 0 aromatic rings. The number of hydrogen-bond donors (Lipinski definition) is 8. The maximum atomic E-state index is 7.96. The summed E-state index contributed by atoms with van der Waals surface area (Å²) in [6.45, 7) is 0. The fraction of sp³-hybridized carbons (Fsp3) is 1.00. The Morgan fingerprint density at radius 2 is 0.385 bits per heavy atom. The molecule has 0 heterocycles. The molecule has 4 radical (unpaired) electrons. The van der Waals surface area contributed by atoms with Gasteiger partial charge in [0.25, 0.3) is 0 Å². The minimum absolute atomic E-state index is 0. The van der Waals surface area contributed by atoms with E-state index >= 15 is 0 Å². The van der Waals surface area contributed by atoms with E-state index in [0.29, 0.717) is 0 Å². The minimum Gasteiger partial charge on any atom is -0.693 e. The van der Waals surface area contributed by atoms with Crippen LogP contribution >= 0.6 is 0 Å². The van der Waals surface area contributed by atoms with Crippen LogP contribution in [0.4, 0.5) is 0 Å². The van der Waals surface area contributed by atoms with Crippen LogP contribution in [0.5, 0.6) is 0 Å². The molecule has 0 unspecified atom stereocenters. The first-order valence-electron chi connectivity index (χ1n) is 3.70. The van der Waals surface area contributed by atoms with Crippen LogP contribution in [0.25, 0.3) is 49.2 Å². The molecule has 0 rings (SSSR count). The third-order valence-electron chi connectivity index (χ3n) is 0.843. The zero-order valence-corrected chi connectivity index (χ0v) is 19.8. The molecule has 0 aromatic heterocycles. The Kier molecular flexibility index (Phi) is 287. The summed E-state index contributed by atoms with van der Waals surface area (Å²) in [5.74, 6) is 0. The van der Waals surface area contributed by atoms with Gasteiger partial charge in [0.15, 0.2) is 25.2 Å². The van der Waals surface area contributed by atoms with E-state index in [0.717, 1.165) is 0 Å². The van der Waals surface area contributed by atoms with Crippen LogP contribution in [0.1, 0.15) is 12.8 Å². The SMILES string of the molecule is OC(O)CC(O)O.OC(O)CC(O)O.[NH2-].[NH2-].[NH2-].[NH2-].[NH2-].[NH2-].[NH2-].[NH2-].[Rh+2].[Rh+2].[Rh+2].[Rh+2]. The van der Waals surface area contributed by atoms with Crippen molar-refractivity contribution >= 4 is 0 Å². The van der Waals surface area contributed by atoms with Crippen LogP contribution in [-0.2, 0) is 77.9 Å². The molecule has 0 bridgehead atoms. The second-order valence-corrected chi connectivity index (χ2v) is 2.39. The monoisotopic (exact) mass is 756 g/mol. The fourth-order valence-electron chi connectivity index (χ4n) is 0.377. The van der Waals surface area contributed by atoms with E-state index in [1.807, 2.05) is 0 Å². The Morgan fingerprint density at radius 1 is 0.308 bits per heavy atom. The zero-order valence-electron chi connectivity index (χ0n) is 13.3. The van der Waals surface area contributed by atoms with Gasteiger partial charge in [0, 0.05) is 12.8 Å². The number of aliphatic hydroxyl groups is 8. The van der Waals surface area contributed by atoms with E-state index in [4.69, 9.17) is 40.9 Å². The third kappa shape index (κ3) is 164. The number of hydrogen-bond acceptors (Lipinski definition) is 8. The second kappa shape index (κ2) is 71.4. The van der Waals surface area contributed by atoms with E-state index in [1.54, 1.807) is 0 Å². The van der Waals surface area contributed by atoms with Gasteiger partial charge in [-0.25, -0.2) is 0 Å². The van der Waals surface area contributed by atoms with Crippen molar-refractivity contribution in [2.45, 2.75) is 38.0 Å². The average molecular weight is 756 g/mol. The maximum Gasteiger partial charge on any atom is 2.00 e. The minimum atomic E-state index is -1.63. The first kappa shape index (κ1) is 105. The molecule has 0 aliphatic heterocycles. The molecule has 0 aliphatic rings. The van der Waals surface area contributed by atoms with Crippen LogP contribution in [0, 0.1) is 0 Å². The van der Waals surface area contributed by atoms with Crippen LogP contribution < -0.4 is 0 Å². The molecular weight excluding hydrogens is 724 g/mol. The molecule has 0 aliphatic carbocycles. The van der Waals surface area contributed by atoms with Gasteiger partial charge in [-0.2, -0.15) is 0 Å². The average Bonchev–Trinajstić information content (AvgIpc) is 1.79. The molecule has 0 atom stereocenters. The van der Waals surface area contributed by atoms with Crippen LogP contribution in [0.2, 0.25) is 0 Å². The Labute approximate surface area is 205 Å². The number of aliphatic hydroxyl groups excluding tert-OH is 4. The first-order valence-corrected chi connectivity index (χ1v) is 3.70. The van der Waals surface area contributed by atoms with Gasteiger partial charge in [-0.15, -0.1) is 0 Å². The molecular formula is C6H32N8O8Rh4. The third-order valence-corrected chi connectivity index (χ3v) is 0.843. The summed E-state index contributed by atoms with van der Waals surface area (Å²) in [4.78, 5) is 0. The van der Waals surface area contributed by atoms with Crippen molar-refractivity contribution in [2.75, 3.05) is 0 Å². The van der Waals surface area contributed by atoms with Crippen molar-refractivity contribution < 1.29 is 119 Å². The van der Waals surface area contributed by atoms with E-state index in [2.05, 4.69) is 0 Å². The van der Waals surface area contributed by atoms with Gasteiger partial charge in [0.2, 0.25) is 0 Å². The largest absolute Gasteiger partial charge is 2.00 e. The van der Waals surface area contributed by atoms with Gasteiger partial charge >= 0.3 is 77.9 Å². The molecule has 180 valence electrons. The van der Waals surface area contributed by atoms with Gasteiger partial charge in [-0.05, 0) is 0 Å². The molecule has 0 aromatic carbocycles. The van der Waals surface area contributed by atoms with Crippen molar-refractivity contribution in [1.29, 1.82) is 0 Å². The summed E-state index contributed by atoms with van der Waals surface area (Å²) in [6, 6.07) is 0. The summed E-state index contributed by atoms with van der Waals surface area (Å²) in [7, 11) is 0. The second-order valence-electron chi connectivity index (χ2n) is 2.39. The topological polar surface area (TPSA) is 430 Å². The molecule has 0 saturated carbocycles. The van der Waals surface area contributed by atoms with Gasteiger partial charge in [0.05, 0.1) is 0 Å². The summed E-state index contributed by atoms with van der Waals surface area (Å²) in [6.07, 6.45) is -7.33. The smallest absolute Gasteiger partial charge is 0.693 e. The van der Waals surface area contributed by atoms with E-state index < -0.39 is 38.0 Å². The normalized spacial score (nSPS) is 6.00. The Balaban J connectivity index is -0.00000000632. The Morgan fingerprint density at radius 3 is 0.385 bits per heavy atom. The zero-order chi connectivity index (χ0) is 11.7. The first-order chi connectivity index (χ1) is 6.25. The van der Waals surface area contributed by atoms with Gasteiger partial charge in [0.1, 0.15) is 0 Å². The van der Waals surface area contributed by atoms with Crippen molar-refractivity contribution in [3.8, 4) is 0 Å². The molecule has 16 nitrogen and oxygen atoms in total. The van der Waals surface area contributed by atoms with Crippen molar-refractivity contribution in [2.24, 2.45) is 0 Å². The molecule has 0 amide bonds. The van der Waals surface area contributed by atoms with Crippen LogP contribution in [-0.4, -0.2) is 66.0 Å². The predicted molar refractivity (Wildman–Crippen MR) is 84.4 cm³/mol.